The van der Waals surface area contributed by atoms with Gasteiger partial charge in [-0.15, -0.1) is 0 Å². The average Bonchev–Trinajstić information content (AvgIpc) is 3.47. The molecule has 0 radical (unpaired) electrons. The van der Waals surface area contributed by atoms with Gasteiger partial charge in [0.1, 0.15) is 29.0 Å². The van der Waals surface area contributed by atoms with Gasteiger partial charge in [0.2, 0.25) is 0 Å². The van der Waals surface area contributed by atoms with Crippen LogP contribution in [0.15, 0.2) is 48.9 Å². The number of ether oxygens (including phenoxy) is 1. The molecule has 4 heterocycles. The van der Waals surface area contributed by atoms with Gasteiger partial charge in [-0.1, -0.05) is 23.7 Å². The molecule has 3 aromatic heterocycles. The van der Waals surface area contributed by atoms with Gasteiger partial charge in [0.05, 0.1) is 35.8 Å². The second kappa shape index (κ2) is 7.11. The Bertz CT molecular complexity index is 1340. The number of aromatic nitrogens is 4. The molecular weight excluding hydrogens is 430 g/mol. The minimum absolute atomic E-state index is 0.193. The smallest absolute Gasteiger partial charge is 0.145 e. The minimum atomic E-state index is -0.945. The normalized spacial score (nSPS) is 30.1. The maximum atomic E-state index is 11.1. The maximum Gasteiger partial charge on any atom is 0.145 e. The summed E-state index contributed by atoms with van der Waals surface area (Å²) in [4.78, 5) is 12.8. The van der Waals surface area contributed by atoms with Crippen LogP contribution in [0, 0.1) is 5.41 Å². The molecule has 1 saturated carbocycles. The summed E-state index contributed by atoms with van der Waals surface area (Å²) in [6.45, 7) is 0.365. The van der Waals surface area contributed by atoms with Gasteiger partial charge in [-0.2, -0.15) is 0 Å². The standard InChI is InChI=1S/C23H22ClN5O3/c24-21-14-5-6-29(22(14)27-11-26-21)16-8-23(20(31)19(16)30)9-17(32-10-23)13-2-1-12-3-4-18(25)28-15(12)7-13/h1-7,11,16-17,19-20,30-31H,8-10H2,(H2,25,28). The number of halogens is 1. The summed E-state index contributed by atoms with van der Waals surface area (Å²) in [6.07, 6.45) is 2.37. The summed E-state index contributed by atoms with van der Waals surface area (Å²) in [6, 6.07) is 11.2. The molecule has 5 atom stereocenters. The summed E-state index contributed by atoms with van der Waals surface area (Å²) in [5, 5.41) is 24.2. The maximum absolute atomic E-state index is 11.1. The van der Waals surface area contributed by atoms with Crippen LogP contribution in [0.25, 0.3) is 21.9 Å². The summed E-state index contributed by atoms with van der Waals surface area (Å²) in [5.74, 6) is 0.471. The number of nitrogen functional groups attached to an aromatic ring is 1. The van der Waals surface area contributed by atoms with Gasteiger partial charge >= 0.3 is 0 Å². The number of nitrogens with zero attached hydrogens (tertiary/aromatic N) is 4. The van der Waals surface area contributed by atoms with Crippen molar-refractivity contribution in [2.45, 2.75) is 37.2 Å². The first-order chi connectivity index (χ1) is 15.4. The number of aliphatic hydroxyl groups excluding tert-OH is 2. The summed E-state index contributed by atoms with van der Waals surface area (Å²) in [5.41, 5.74) is 7.73. The fourth-order valence-electron chi connectivity index (χ4n) is 5.37. The van der Waals surface area contributed by atoms with E-state index in [2.05, 4.69) is 15.0 Å². The van der Waals surface area contributed by atoms with E-state index in [0.29, 0.717) is 36.1 Å². The van der Waals surface area contributed by atoms with Gasteiger partial charge in [-0.3, -0.25) is 0 Å². The third kappa shape index (κ3) is 2.91. The molecule has 164 valence electrons. The van der Waals surface area contributed by atoms with E-state index in [-0.39, 0.29) is 12.1 Å². The second-order valence-electron chi connectivity index (χ2n) is 8.89. The van der Waals surface area contributed by atoms with Crippen molar-refractivity contribution in [3.05, 3.63) is 59.6 Å². The van der Waals surface area contributed by atoms with Crippen molar-refractivity contribution in [1.29, 1.82) is 0 Å². The highest BCUT2D eigenvalue weighted by atomic mass is 35.5. The molecule has 9 heteroatoms. The summed E-state index contributed by atoms with van der Waals surface area (Å²) < 4.78 is 8.05. The van der Waals surface area contributed by atoms with E-state index in [1.54, 1.807) is 6.07 Å². The first kappa shape index (κ1) is 19.9. The van der Waals surface area contributed by atoms with Crippen molar-refractivity contribution in [3.8, 4) is 0 Å². The summed E-state index contributed by atoms with van der Waals surface area (Å²) >= 11 is 6.19. The van der Waals surface area contributed by atoms with Crippen LogP contribution in [0.3, 0.4) is 0 Å². The lowest BCUT2D eigenvalue weighted by molar-refractivity contribution is -0.0309. The van der Waals surface area contributed by atoms with Crippen LogP contribution in [0.4, 0.5) is 5.82 Å². The molecule has 1 saturated heterocycles. The molecule has 1 spiro atoms. The predicted octanol–water partition coefficient (Wildman–Crippen LogP) is 3.03. The Labute approximate surface area is 188 Å². The lowest BCUT2D eigenvalue weighted by Gasteiger charge is -2.26. The highest BCUT2D eigenvalue weighted by Gasteiger charge is 2.57. The first-order valence-corrected chi connectivity index (χ1v) is 10.9. The fraction of sp³-hybridized carbons (Fsp3) is 0.348. The Balaban J connectivity index is 1.31. The van der Waals surface area contributed by atoms with Crippen LogP contribution in [0.2, 0.25) is 5.15 Å². The largest absolute Gasteiger partial charge is 0.390 e. The van der Waals surface area contributed by atoms with Crippen molar-refractivity contribution >= 4 is 39.4 Å². The van der Waals surface area contributed by atoms with Crippen LogP contribution >= 0.6 is 11.6 Å². The SMILES string of the molecule is Nc1ccc2ccc(C3CC4(CO3)CC(n3ccc5c(Cl)ncnc53)C(O)C4O)cc2n1. The number of rotatable bonds is 2. The molecule has 1 aromatic carbocycles. The molecule has 2 aliphatic rings. The van der Waals surface area contributed by atoms with Crippen molar-refractivity contribution in [1.82, 2.24) is 19.5 Å². The highest BCUT2D eigenvalue weighted by molar-refractivity contribution is 6.33. The quantitative estimate of drug-likeness (QED) is 0.401. The second-order valence-corrected chi connectivity index (χ2v) is 9.24. The number of aliphatic hydroxyl groups is 2. The number of pyridine rings is 1. The third-order valence-electron chi connectivity index (χ3n) is 7.05. The minimum Gasteiger partial charge on any atom is -0.390 e. The van der Waals surface area contributed by atoms with Crippen LogP contribution in [-0.2, 0) is 4.74 Å². The molecule has 32 heavy (non-hydrogen) atoms. The van der Waals surface area contributed by atoms with E-state index in [9.17, 15) is 10.2 Å². The molecule has 0 amide bonds. The van der Waals surface area contributed by atoms with Crippen molar-refractivity contribution in [2.24, 2.45) is 5.41 Å². The number of hydrogen-bond acceptors (Lipinski definition) is 7. The Morgan fingerprint density at radius 1 is 1.12 bits per heavy atom. The summed E-state index contributed by atoms with van der Waals surface area (Å²) in [7, 11) is 0. The van der Waals surface area contributed by atoms with E-state index < -0.39 is 17.6 Å². The zero-order chi connectivity index (χ0) is 22.0. The van der Waals surface area contributed by atoms with Gasteiger partial charge in [0.15, 0.2) is 0 Å². The van der Waals surface area contributed by atoms with Crippen molar-refractivity contribution in [3.63, 3.8) is 0 Å². The van der Waals surface area contributed by atoms with Crippen molar-refractivity contribution in [2.75, 3.05) is 12.3 Å². The number of anilines is 1. The number of nitrogens with two attached hydrogens (primary N) is 1. The molecule has 6 rings (SSSR count). The number of benzene rings is 1. The van der Waals surface area contributed by atoms with Gasteiger partial charge < -0.3 is 25.3 Å². The average molecular weight is 452 g/mol. The lowest BCUT2D eigenvalue weighted by Crippen LogP contribution is -2.37. The number of hydrogen-bond donors (Lipinski definition) is 3. The highest BCUT2D eigenvalue weighted by Crippen LogP contribution is 2.54. The molecule has 5 unspecified atom stereocenters. The van der Waals surface area contributed by atoms with E-state index in [1.165, 1.54) is 6.33 Å². The van der Waals surface area contributed by atoms with Gasteiger partial charge in [-0.25, -0.2) is 15.0 Å². The topological polar surface area (TPSA) is 119 Å². The zero-order valence-corrected chi connectivity index (χ0v) is 17.9. The van der Waals surface area contributed by atoms with E-state index in [1.807, 2.05) is 41.1 Å². The Hall–Kier alpha value is -2.78. The third-order valence-corrected chi connectivity index (χ3v) is 7.35. The molecule has 4 N–H and O–H groups in total. The van der Waals surface area contributed by atoms with Crippen LogP contribution in [0.1, 0.15) is 30.6 Å². The van der Waals surface area contributed by atoms with E-state index in [4.69, 9.17) is 22.1 Å². The molecule has 4 aromatic rings. The molecule has 8 nitrogen and oxygen atoms in total. The molecule has 2 fully saturated rings. The van der Waals surface area contributed by atoms with Crippen LogP contribution in [-0.4, -0.2) is 48.5 Å². The number of fused-ring (bicyclic) bond motifs is 2. The lowest BCUT2D eigenvalue weighted by atomic mass is 9.80. The zero-order valence-electron chi connectivity index (χ0n) is 17.1. The van der Waals surface area contributed by atoms with Crippen molar-refractivity contribution < 1.29 is 14.9 Å². The Morgan fingerprint density at radius 3 is 2.84 bits per heavy atom. The Morgan fingerprint density at radius 2 is 1.97 bits per heavy atom. The fourth-order valence-corrected chi connectivity index (χ4v) is 5.56. The Kier molecular flexibility index (Phi) is 4.42. The molecule has 0 bridgehead atoms. The monoisotopic (exact) mass is 451 g/mol. The molecular formula is C23H22ClN5O3. The van der Waals surface area contributed by atoms with Crippen LogP contribution < -0.4 is 5.73 Å². The first-order valence-electron chi connectivity index (χ1n) is 10.6. The molecule has 1 aliphatic carbocycles. The van der Waals surface area contributed by atoms with Crippen LogP contribution in [0.5, 0.6) is 0 Å². The van der Waals surface area contributed by atoms with Gasteiger partial charge in [0, 0.05) is 17.0 Å². The predicted molar refractivity (Wildman–Crippen MR) is 120 cm³/mol. The van der Waals surface area contributed by atoms with E-state index in [0.717, 1.165) is 21.9 Å². The van der Waals surface area contributed by atoms with Gasteiger partial charge in [-0.05, 0) is 42.7 Å². The molecule has 1 aliphatic heterocycles. The van der Waals surface area contributed by atoms with E-state index >= 15 is 0 Å². The van der Waals surface area contributed by atoms with Gasteiger partial charge in [0.25, 0.3) is 0 Å².